The van der Waals surface area contributed by atoms with Crippen LogP contribution in [0.5, 0.6) is 0 Å². The summed E-state index contributed by atoms with van der Waals surface area (Å²) >= 11 is 0. The summed E-state index contributed by atoms with van der Waals surface area (Å²) in [7, 11) is 0. The number of carbonyl (C=O) groups is 2. The maximum absolute atomic E-state index is 12.8. The smallest absolute Gasteiger partial charge is 0.254 e. The molecule has 4 nitrogen and oxygen atoms in total. The van der Waals surface area contributed by atoms with Crippen LogP contribution in [0.4, 0.5) is 0 Å². The first-order chi connectivity index (χ1) is 12.6. The van der Waals surface area contributed by atoms with E-state index >= 15 is 0 Å². The Balaban J connectivity index is 2.35. The van der Waals surface area contributed by atoms with Crippen molar-refractivity contribution in [2.75, 3.05) is 26.2 Å². The van der Waals surface area contributed by atoms with Gasteiger partial charge in [-0.2, -0.15) is 0 Å². The average molecular weight is 352 g/mol. The van der Waals surface area contributed by atoms with E-state index in [-0.39, 0.29) is 11.8 Å². The zero-order valence-electron chi connectivity index (χ0n) is 16.2. The number of hydrogen-bond acceptors (Lipinski definition) is 2. The van der Waals surface area contributed by atoms with E-state index in [0.29, 0.717) is 37.3 Å². The van der Waals surface area contributed by atoms with E-state index in [9.17, 15) is 9.59 Å². The van der Waals surface area contributed by atoms with Crippen molar-refractivity contribution >= 4 is 11.8 Å². The quantitative estimate of drug-likeness (QED) is 0.745. The molecule has 2 aromatic carbocycles. The largest absolute Gasteiger partial charge is 0.339 e. The second kappa shape index (κ2) is 9.18. The van der Waals surface area contributed by atoms with E-state index in [0.717, 1.165) is 11.1 Å². The summed E-state index contributed by atoms with van der Waals surface area (Å²) < 4.78 is 0. The lowest BCUT2D eigenvalue weighted by atomic mass is 9.97. The van der Waals surface area contributed by atoms with Crippen LogP contribution >= 0.6 is 0 Å². The van der Waals surface area contributed by atoms with Crippen molar-refractivity contribution in [3.05, 3.63) is 59.7 Å². The molecule has 0 N–H and O–H groups in total. The van der Waals surface area contributed by atoms with E-state index in [1.165, 1.54) is 0 Å². The maximum Gasteiger partial charge on any atom is 0.254 e. The molecule has 0 radical (unpaired) electrons. The van der Waals surface area contributed by atoms with Crippen molar-refractivity contribution in [3.63, 3.8) is 0 Å². The summed E-state index contributed by atoms with van der Waals surface area (Å²) in [5.74, 6) is 0.0722. The van der Waals surface area contributed by atoms with Gasteiger partial charge in [0, 0.05) is 37.3 Å². The van der Waals surface area contributed by atoms with Gasteiger partial charge in [-0.15, -0.1) is 0 Å². The van der Waals surface area contributed by atoms with Gasteiger partial charge >= 0.3 is 0 Å². The van der Waals surface area contributed by atoms with E-state index in [1.54, 1.807) is 4.90 Å². The minimum atomic E-state index is 0.0360. The van der Waals surface area contributed by atoms with Gasteiger partial charge in [0.15, 0.2) is 0 Å². The molecule has 2 aromatic rings. The molecular formula is C22H28N2O2. The molecule has 0 heterocycles. The number of amides is 2. The average Bonchev–Trinajstić information content (AvgIpc) is 2.69. The molecule has 0 aliphatic heterocycles. The molecule has 138 valence electrons. The predicted molar refractivity (Wildman–Crippen MR) is 106 cm³/mol. The highest BCUT2D eigenvalue weighted by molar-refractivity contribution is 6.01. The fourth-order valence-electron chi connectivity index (χ4n) is 3.09. The first-order valence-electron chi connectivity index (χ1n) is 9.35. The molecule has 0 aliphatic carbocycles. The molecule has 0 aliphatic rings. The van der Waals surface area contributed by atoms with Crippen LogP contribution in [-0.4, -0.2) is 47.8 Å². The Morgan fingerprint density at radius 2 is 1.19 bits per heavy atom. The molecule has 0 saturated carbocycles. The van der Waals surface area contributed by atoms with E-state index < -0.39 is 0 Å². The molecule has 2 rings (SSSR count). The molecule has 0 spiro atoms. The third-order valence-electron chi connectivity index (χ3n) is 4.70. The fraction of sp³-hybridized carbons (Fsp3) is 0.364. The van der Waals surface area contributed by atoms with E-state index in [4.69, 9.17) is 0 Å². The Morgan fingerprint density at radius 1 is 0.692 bits per heavy atom. The zero-order chi connectivity index (χ0) is 19.1. The van der Waals surface area contributed by atoms with Crippen molar-refractivity contribution in [2.45, 2.75) is 27.7 Å². The molecule has 0 atom stereocenters. The highest BCUT2D eigenvalue weighted by atomic mass is 16.2. The Labute approximate surface area is 156 Å². The minimum absolute atomic E-state index is 0.0360. The summed E-state index contributed by atoms with van der Waals surface area (Å²) in [6, 6.07) is 15.2. The van der Waals surface area contributed by atoms with Crippen molar-refractivity contribution in [3.8, 4) is 11.1 Å². The Bertz CT molecular complexity index is 745. The van der Waals surface area contributed by atoms with Crippen LogP contribution in [0.15, 0.2) is 48.5 Å². The Kier molecular flexibility index (Phi) is 6.96. The van der Waals surface area contributed by atoms with Crippen molar-refractivity contribution in [2.24, 2.45) is 0 Å². The van der Waals surface area contributed by atoms with Gasteiger partial charge in [0.2, 0.25) is 0 Å². The molecule has 0 unspecified atom stereocenters. The predicted octanol–water partition coefficient (Wildman–Crippen LogP) is 4.32. The van der Waals surface area contributed by atoms with Gasteiger partial charge in [0.25, 0.3) is 11.8 Å². The first-order valence-corrected chi connectivity index (χ1v) is 9.35. The lowest BCUT2D eigenvalue weighted by molar-refractivity contribution is 0.0765. The second-order valence-electron chi connectivity index (χ2n) is 6.08. The van der Waals surface area contributed by atoms with Crippen LogP contribution in [0.3, 0.4) is 0 Å². The summed E-state index contributed by atoms with van der Waals surface area (Å²) in [6.07, 6.45) is 0. The summed E-state index contributed by atoms with van der Waals surface area (Å²) in [5, 5.41) is 0. The van der Waals surface area contributed by atoms with Gasteiger partial charge in [-0.3, -0.25) is 9.59 Å². The number of hydrogen-bond donors (Lipinski definition) is 0. The minimum Gasteiger partial charge on any atom is -0.339 e. The second-order valence-corrected chi connectivity index (χ2v) is 6.08. The third-order valence-corrected chi connectivity index (χ3v) is 4.70. The highest BCUT2D eigenvalue weighted by Gasteiger charge is 2.18. The van der Waals surface area contributed by atoms with Gasteiger partial charge < -0.3 is 9.80 Å². The lowest BCUT2D eigenvalue weighted by Crippen LogP contribution is -2.31. The van der Waals surface area contributed by atoms with Crippen molar-refractivity contribution in [1.29, 1.82) is 0 Å². The van der Waals surface area contributed by atoms with Crippen LogP contribution < -0.4 is 0 Å². The fourth-order valence-corrected chi connectivity index (χ4v) is 3.09. The molecule has 2 amide bonds. The SMILES string of the molecule is CCN(CC)C(=O)c1ccc(-c2ccccc2C(=O)N(CC)CC)cc1. The Morgan fingerprint density at radius 3 is 1.73 bits per heavy atom. The summed E-state index contributed by atoms with van der Waals surface area (Å²) in [5.41, 5.74) is 3.20. The maximum atomic E-state index is 12.8. The first kappa shape index (κ1) is 19.7. The van der Waals surface area contributed by atoms with Crippen LogP contribution in [0.1, 0.15) is 48.4 Å². The number of benzene rings is 2. The van der Waals surface area contributed by atoms with Gasteiger partial charge in [0.1, 0.15) is 0 Å². The standard InChI is InChI=1S/C22H28N2O2/c1-5-23(6-2)21(25)18-15-13-17(14-16-18)19-11-9-10-12-20(19)22(26)24(7-3)8-4/h9-16H,5-8H2,1-4H3. The number of carbonyl (C=O) groups excluding carboxylic acids is 2. The van der Waals surface area contributed by atoms with Gasteiger partial charge in [-0.05, 0) is 57.0 Å². The van der Waals surface area contributed by atoms with Gasteiger partial charge in [-0.1, -0.05) is 30.3 Å². The molecule has 0 aromatic heterocycles. The lowest BCUT2D eigenvalue weighted by Gasteiger charge is -2.21. The van der Waals surface area contributed by atoms with Crippen molar-refractivity contribution in [1.82, 2.24) is 9.80 Å². The van der Waals surface area contributed by atoms with Crippen molar-refractivity contribution < 1.29 is 9.59 Å². The molecule has 4 heteroatoms. The molecule has 0 fully saturated rings. The number of nitrogens with zero attached hydrogens (tertiary/aromatic N) is 2. The third kappa shape index (κ3) is 4.13. The Hall–Kier alpha value is -2.62. The summed E-state index contributed by atoms with van der Waals surface area (Å²) in [6.45, 7) is 10.7. The van der Waals surface area contributed by atoms with Gasteiger partial charge in [0.05, 0.1) is 0 Å². The van der Waals surface area contributed by atoms with Crippen LogP contribution in [0.25, 0.3) is 11.1 Å². The van der Waals surface area contributed by atoms with Gasteiger partial charge in [-0.25, -0.2) is 0 Å². The van der Waals surface area contributed by atoms with Crippen LogP contribution in [0, 0.1) is 0 Å². The molecule has 26 heavy (non-hydrogen) atoms. The summed E-state index contributed by atoms with van der Waals surface area (Å²) in [4.78, 5) is 28.9. The zero-order valence-corrected chi connectivity index (χ0v) is 16.2. The molecule has 0 bridgehead atoms. The van der Waals surface area contributed by atoms with Crippen LogP contribution in [-0.2, 0) is 0 Å². The molecule has 0 saturated heterocycles. The number of rotatable bonds is 7. The topological polar surface area (TPSA) is 40.6 Å². The van der Waals surface area contributed by atoms with Crippen LogP contribution in [0.2, 0.25) is 0 Å². The normalized spacial score (nSPS) is 10.5. The van der Waals surface area contributed by atoms with E-state index in [2.05, 4.69) is 0 Å². The van der Waals surface area contributed by atoms with E-state index in [1.807, 2.05) is 81.1 Å². The highest BCUT2D eigenvalue weighted by Crippen LogP contribution is 2.25. The molecular weight excluding hydrogens is 324 g/mol. The monoisotopic (exact) mass is 352 g/mol.